The van der Waals surface area contributed by atoms with E-state index in [0.717, 1.165) is 11.1 Å². The molecule has 4 atom stereocenters. The number of aryl methyl sites for hydroxylation is 1. The molecule has 1 aliphatic rings. The first-order chi connectivity index (χ1) is 19.6. The van der Waals surface area contributed by atoms with Gasteiger partial charge >= 0.3 is 0 Å². The number of sulfone groups is 1. The fourth-order valence-electron chi connectivity index (χ4n) is 4.62. The molecular formula is C30H36N4O6S. The standard InChI is InChI=1S/C30H36N4O6S/c31-25(15-8-20-4-2-1-3-5-20)29(32)41(38,39)24-13-9-22(10-14-24)28(36)26(18-21-6-11-23(35)12-7-21)34-30(37)27-19-33-16-17-40-27/h1-7,9-14,25-27,29,33,35H,8,15-19,31-32H2,(H,34,37)/t25?,26-,27?,29?/m0/s1. The molecule has 0 spiro atoms. The topological polar surface area (TPSA) is 174 Å². The second-order valence-corrected chi connectivity index (χ2v) is 12.2. The van der Waals surface area contributed by atoms with Crippen LogP contribution in [-0.4, -0.2) is 68.5 Å². The van der Waals surface area contributed by atoms with Gasteiger partial charge in [-0.15, -0.1) is 0 Å². The minimum Gasteiger partial charge on any atom is -0.508 e. The highest BCUT2D eigenvalue weighted by Crippen LogP contribution is 2.20. The lowest BCUT2D eigenvalue weighted by Gasteiger charge is -2.25. The summed E-state index contributed by atoms with van der Waals surface area (Å²) in [6, 6.07) is 19.7. The van der Waals surface area contributed by atoms with E-state index in [0.29, 0.717) is 32.5 Å². The Morgan fingerprint density at radius 2 is 1.66 bits per heavy atom. The number of ether oxygens (including phenoxy) is 1. The average Bonchev–Trinajstić information content (AvgIpc) is 3.00. The van der Waals surface area contributed by atoms with Gasteiger partial charge in [-0.05, 0) is 48.2 Å². The van der Waals surface area contributed by atoms with Gasteiger partial charge in [0.05, 0.1) is 17.5 Å². The molecule has 0 bridgehead atoms. The van der Waals surface area contributed by atoms with Crippen molar-refractivity contribution in [3.8, 4) is 5.75 Å². The molecule has 1 aliphatic heterocycles. The maximum absolute atomic E-state index is 13.5. The van der Waals surface area contributed by atoms with Crippen molar-refractivity contribution in [2.45, 2.75) is 47.7 Å². The number of hydrogen-bond acceptors (Lipinski definition) is 9. The molecular weight excluding hydrogens is 544 g/mol. The van der Waals surface area contributed by atoms with Crippen LogP contribution >= 0.6 is 0 Å². The molecule has 11 heteroatoms. The molecule has 10 nitrogen and oxygen atoms in total. The molecule has 1 saturated heterocycles. The summed E-state index contributed by atoms with van der Waals surface area (Å²) in [5.41, 5.74) is 14.2. The van der Waals surface area contributed by atoms with Crippen LogP contribution in [0.4, 0.5) is 0 Å². The van der Waals surface area contributed by atoms with Gasteiger partial charge < -0.3 is 31.9 Å². The van der Waals surface area contributed by atoms with Crippen molar-refractivity contribution in [1.29, 1.82) is 0 Å². The monoisotopic (exact) mass is 580 g/mol. The smallest absolute Gasteiger partial charge is 0.251 e. The highest BCUT2D eigenvalue weighted by atomic mass is 32.2. The van der Waals surface area contributed by atoms with Crippen LogP contribution in [-0.2, 0) is 32.2 Å². The largest absolute Gasteiger partial charge is 0.508 e. The maximum Gasteiger partial charge on any atom is 0.251 e. The van der Waals surface area contributed by atoms with Crippen molar-refractivity contribution in [1.82, 2.24) is 10.6 Å². The number of carbonyl (C=O) groups is 2. The third-order valence-corrected chi connectivity index (χ3v) is 9.08. The highest BCUT2D eigenvalue weighted by Gasteiger charge is 2.31. The molecule has 1 amide bonds. The van der Waals surface area contributed by atoms with Gasteiger partial charge in [0.2, 0.25) is 0 Å². The number of hydrogen-bond donors (Lipinski definition) is 5. The number of benzene rings is 3. The zero-order valence-electron chi connectivity index (χ0n) is 22.6. The van der Waals surface area contributed by atoms with Crippen LogP contribution in [0.25, 0.3) is 0 Å². The van der Waals surface area contributed by atoms with Gasteiger partial charge in [-0.1, -0.05) is 54.6 Å². The summed E-state index contributed by atoms with van der Waals surface area (Å²) in [6.07, 6.45) is 0.403. The van der Waals surface area contributed by atoms with Gasteiger partial charge in [0.15, 0.2) is 15.6 Å². The Morgan fingerprint density at radius 3 is 2.29 bits per heavy atom. The molecule has 3 unspecified atom stereocenters. The lowest BCUT2D eigenvalue weighted by atomic mass is 9.97. The van der Waals surface area contributed by atoms with Crippen molar-refractivity contribution < 1.29 is 27.9 Å². The van der Waals surface area contributed by atoms with Crippen LogP contribution in [0.3, 0.4) is 0 Å². The number of carbonyl (C=O) groups excluding carboxylic acids is 2. The van der Waals surface area contributed by atoms with Crippen LogP contribution in [0.15, 0.2) is 83.8 Å². The highest BCUT2D eigenvalue weighted by molar-refractivity contribution is 7.92. The van der Waals surface area contributed by atoms with Crippen molar-refractivity contribution in [3.63, 3.8) is 0 Å². The predicted octanol–water partition coefficient (Wildman–Crippen LogP) is 1.31. The predicted molar refractivity (Wildman–Crippen MR) is 155 cm³/mol. The molecule has 41 heavy (non-hydrogen) atoms. The normalized spacial score (nSPS) is 17.8. The van der Waals surface area contributed by atoms with Gasteiger partial charge in [0.1, 0.15) is 17.2 Å². The molecule has 1 heterocycles. The minimum absolute atomic E-state index is 0.0440. The first kappa shape index (κ1) is 30.4. The van der Waals surface area contributed by atoms with Gasteiger partial charge in [-0.2, -0.15) is 0 Å². The molecule has 218 valence electrons. The first-order valence-electron chi connectivity index (χ1n) is 13.5. The zero-order chi connectivity index (χ0) is 29.4. The van der Waals surface area contributed by atoms with Crippen LogP contribution in [0, 0.1) is 0 Å². The van der Waals surface area contributed by atoms with E-state index in [4.69, 9.17) is 16.2 Å². The Morgan fingerprint density at radius 1 is 0.976 bits per heavy atom. The Hall–Kier alpha value is -3.61. The van der Waals surface area contributed by atoms with Gasteiger partial charge in [-0.25, -0.2) is 8.42 Å². The fourth-order valence-corrected chi connectivity index (χ4v) is 6.04. The van der Waals surface area contributed by atoms with Gasteiger partial charge in [0, 0.05) is 31.1 Å². The van der Waals surface area contributed by atoms with Crippen molar-refractivity contribution >= 4 is 21.5 Å². The summed E-state index contributed by atoms with van der Waals surface area (Å²) < 4.78 is 31.9. The Bertz CT molecular complexity index is 1410. The maximum atomic E-state index is 13.5. The van der Waals surface area contributed by atoms with E-state index in [1.807, 2.05) is 30.3 Å². The summed E-state index contributed by atoms with van der Waals surface area (Å²) in [5.74, 6) is -0.746. The molecule has 1 fully saturated rings. The zero-order valence-corrected chi connectivity index (χ0v) is 23.4. The molecule has 7 N–H and O–H groups in total. The van der Waals surface area contributed by atoms with Crippen LogP contribution in [0.1, 0.15) is 27.9 Å². The van der Waals surface area contributed by atoms with Gasteiger partial charge in [0.25, 0.3) is 5.91 Å². The van der Waals surface area contributed by atoms with Crippen LogP contribution < -0.4 is 22.1 Å². The third kappa shape index (κ3) is 7.99. The first-order valence-corrected chi connectivity index (χ1v) is 15.0. The van der Waals surface area contributed by atoms with E-state index in [1.54, 1.807) is 12.1 Å². The number of nitrogens with one attached hydrogen (secondary N) is 2. The van der Waals surface area contributed by atoms with Crippen molar-refractivity contribution in [3.05, 3.63) is 95.6 Å². The molecule has 3 aromatic carbocycles. The number of Topliss-reactive ketones (excluding diaryl/α,β-unsaturated/α-hetero) is 1. The second-order valence-electron chi connectivity index (χ2n) is 10.1. The number of nitrogens with two attached hydrogens (primary N) is 2. The lowest BCUT2D eigenvalue weighted by Crippen LogP contribution is -2.52. The number of rotatable bonds is 12. The van der Waals surface area contributed by atoms with Gasteiger partial charge in [-0.3, -0.25) is 9.59 Å². The summed E-state index contributed by atoms with van der Waals surface area (Å²) >= 11 is 0. The number of phenols is 1. The molecule has 0 radical (unpaired) electrons. The lowest BCUT2D eigenvalue weighted by molar-refractivity contribution is -0.134. The second kappa shape index (κ2) is 13.8. The number of ketones is 1. The number of amides is 1. The van der Waals surface area contributed by atoms with E-state index in [2.05, 4.69) is 10.6 Å². The molecule has 3 aromatic rings. The SMILES string of the molecule is NC(CCc1ccccc1)C(N)S(=O)(=O)c1ccc(C(=O)[C@H](Cc2ccc(O)cc2)NC(=O)C2CNCCO2)cc1. The van der Waals surface area contributed by atoms with E-state index in [-0.39, 0.29) is 22.6 Å². The third-order valence-electron chi connectivity index (χ3n) is 7.09. The fraction of sp³-hybridized carbons (Fsp3) is 0.333. The Labute approximate surface area is 240 Å². The Kier molecular flexibility index (Phi) is 10.2. The number of phenolic OH excluding ortho intramolecular Hbond substituents is 1. The minimum atomic E-state index is -3.97. The van der Waals surface area contributed by atoms with E-state index in [1.165, 1.54) is 36.4 Å². The quantitative estimate of drug-likeness (QED) is 0.198. The summed E-state index contributed by atoms with van der Waals surface area (Å²) in [5, 5.41) is 14.2. The van der Waals surface area contributed by atoms with E-state index < -0.39 is 45.1 Å². The van der Waals surface area contributed by atoms with Crippen LogP contribution in [0.5, 0.6) is 5.75 Å². The molecule has 0 saturated carbocycles. The molecule has 0 aromatic heterocycles. The van der Waals surface area contributed by atoms with Crippen molar-refractivity contribution in [2.75, 3.05) is 19.7 Å². The molecule has 4 rings (SSSR count). The van der Waals surface area contributed by atoms with Crippen molar-refractivity contribution in [2.24, 2.45) is 11.5 Å². The Balaban J connectivity index is 1.47. The summed E-state index contributed by atoms with van der Waals surface area (Å²) in [7, 11) is -3.97. The van der Waals surface area contributed by atoms with E-state index in [9.17, 15) is 23.1 Å². The molecule has 0 aliphatic carbocycles. The van der Waals surface area contributed by atoms with E-state index >= 15 is 0 Å². The van der Waals surface area contributed by atoms with Crippen LogP contribution in [0.2, 0.25) is 0 Å². The number of morpholine rings is 1. The summed E-state index contributed by atoms with van der Waals surface area (Å²) in [6.45, 7) is 1.34. The number of aromatic hydroxyl groups is 1. The summed E-state index contributed by atoms with van der Waals surface area (Å²) in [4.78, 5) is 26.4. The average molecular weight is 581 g/mol.